The second kappa shape index (κ2) is 7.85. The van der Waals surface area contributed by atoms with E-state index in [0.29, 0.717) is 25.1 Å². The maximum absolute atomic E-state index is 12.3. The number of amides is 4. The molecule has 2 aliphatic rings. The normalized spacial score (nSPS) is 19.9. The fourth-order valence-corrected chi connectivity index (χ4v) is 2.61. The zero-order valence-corrected chi connectivity index (χ0v) is 13.6. The molecule has 0 aromatic rings. The molecule has 1 unspecified atom stereocenters. The Bertz CT molecular complexity index is 576. The van der Waals surface area contributed by atoms with Crippen molar-refractivity contribution in [2.45, 2.75) is 45.6 Å². The minimum Gasteiger partial charge on any atom is -0.354 e. The molecule has 23 heavy (non-hydrogen) atoms. The standard InChI is InChI=1S/C17H23N3O3/c1-12(2)18-15(21)10-4-3-7-11-20-16(22)13-8-5-6-9-14(13)19-17(20)23/h5-6,8-9,12-13H,3-4,7,10-11H2,1-2H3,(H,18,21). The van der Waals surface area contributed by atoms with E-state index in [9.17, 15) is 14.4 Å². The third kappa shape index (κ3) is 4.61. The molecule has 6 heteroatoms. The average Bonchev–Trinajstić information content (AvgIpc) is 2.49. The summed E-state index contributed by atoms with van der Waals surface area (Å²) < 4.78 is 0. The van der Waals surface area contributed by atoms with Crippen molar-refractivity contribution in [2.75, 3.05) is 6.54 Å². The molecule has 2 rings (SSSR count). The molecule has 0 radical (unpaired) electrons. The van der Waals surface area contributed by atoms with Gasteiger partial charge in [0.2, 0.25) is 11.8 Å². The third-order valence-electron chi connectivity index (χ3n) is 3.72. The molecule has 4 amide bonds. The number of fused-ring (bicyclic) bond motifs is 1. The number of carbonyl (C=O) groups is 3. The van der Waals surface area contributed by atoms with Crippen LogP contribution in [0.3, 0.4) is 0 Å². The Kier molecular flexibility index (Phi) is 5.84. The van der Waals surface area contributed by atoms with Gasteiger partial charge < -0.3 is 5.32 Å². The monoisotopic (exact) mass is 317 g/mol. The molecule has 1 atom stereocenters. The largest absolute Gasteiger partial charge is 0.354 e. The van der Waals surface area contributed by atoms with E-state index in [1.807, 2.05) is 13.8 Å². The molecule has 0 bridgehead atoms. The number of urea groups is 1. The van der Waals surface area contributed by atoms with Gasteiger partial charge in [0, 0.05) is 19.0 Å². The summed E-state index contributed by atoms with van der Waals surface area (Å²) in [6.07, 6.45) is 9.72. The van der Waals surface area contributed by atoms with Crippen LogP contribution in [0.1, 0.15) is 39.5 Å². The van der Waals surface area contributed by atoms with Crippen LogP contribution < -0.4 is 5.32 Å². The van der Waals surface area contributed by atoms with E-state index in [-0.39, 0.29) is 17.9 Å². The molecule has 0 spiro atoms. The van der Waals surface area contributed by atoms with Crippen LogP contribution in [0.15, 0.2) is 29.3 Å². The van der Waals surface area contributed by atoms with Crippen LogP contribution in [-0.2, 0) is 9.59 Å². The number of nitrogens with zero attached hydrogens (tertiary/aromatic N) is 2. The molecule has 0 aromatic heterocycles. The zero-order chi connectivity index (χ0) is 16.8. The molecule has 1 aliphatic carbocycles. The number of rotatable bonds is 7. The highest BCUT2D eigenvalue weighted by atomic mass is 16.2. The van der Waals surface area contributed by atoms with Gasteiger partial charge in [0.05, 0.1) is 11.6 Å². The van der Waals surface area contributed by atoms with Crippen LogP contribution in [0.2, 0.25) is 0 Å². The van der Waals surface area contributed by atoms with Gasteiger partial charge in [-0.1, -0.05) is 24.6 Å². The van der Waals surface area contributed by atoms with Crippen LogP contribution >= 0.6 is 0 Å². The van der Waals surface area contributed by atoms with Gasteiger partial charge in [-0.05, 0) is 32.8 Å². The van der Waals surface area contributed by atoms with Gasteiger partial charge in [0.15, 0.2) is 0 Å². The maximum atomic E-state index is 12.3. The lowest BCUT2D eigenvalue weighted by Crippen LogP contribution is -2.46. The average molecular weight is 317 g/mol. The van der Waals surface area contributed by atoms with E-state index in [1.165, 1.54) is 4.90 Å². The van der Waals surface area contributed by atoms with E-state index < -0.39 is 11.9 Å². The van der Waals surface area contributed by atoms with Crippen LogP contribution in [-0.4, -0.2) is 41.0 Å². The molecular weight excluding hydrogens is 294 g/mol. The van der Waals surface area contributed by atoms with E-state index >= 15 is 0 Å². The molecule has 124 valence electrons. The number of hydrogen-bond donors (Lipinski definition) is 1. The summed E-state index contributed by atoms with van der Waals surface area (Å²) in [6.45, 7) is 4.21. The molecule has 0 saturated heterocycles. The Morgan fingerprint density at radius 2 is 2.04 bits per heavy atom. The summed E-state index contributed by atoms with van der Waals surface area (Å²) in [5.74, 6) is -0.605. The molecule has 6 nitrogen and oxygen atoms in total. The number of nitrogens with one attached hydrogen (secondary N) is 1. The van der Waals surface area contributed by atoms with Crippen molar-refractivity contribution in [2.24, 2.45) is 10.9 Å². The Morgan fingerprint density at radius 3 is 2.78 bits per heavy atom. The first-order valence-corrected chi connectivity index (χ1v) is 8.07. The molecular formula is C17H23N3O3. The lowest BCUT2D eigenvalue weighted by Gasteiger charge is -2.28. The minimum atomic E-state index is -0.487. The van der Waals surface area contributed by atoms with E-state index in [0.717, 1.165) is 12.8 Å². The van der Waals surface area contributed by atoms with Gasteiger partial charge in [-0.3, -0.25) is 14.5 Å². The van der Waals surface area contributed by atoms with E-state index in [4.69, 9.17) is 0 Å². The molecule has 1 heterocycles. The first kappa shape index (κ1) is 17.1. The SMILES string of the molecule is CC(C)NC(=O)CCCCCN1C(=O)N=C2C=CC=CC2C1=O. The third-order valence-corrected chi connectivity index (χ3v) is 3.72. The van der Waals surface area contributed by atoms with E-state index in [2.05, 4.69) is 10.3 Å². The van der Waals surface area contributed by atoms with Crippen molar-refractivity contribution in [1.29, 1.82) is 0 Å². The van der Waals surface area contributed by atoms with Crippen molar-refractivity contribution < 1.29 is 14.4 Å². The molecule has 0 aromatic carbocycles. The Balaban J connectivity index is 1.76. The van der Waals surface area contributed by atoms with Gasteiger partial charge in [0.25, 0.3) is 0 Å². The lowest BCUT2D eigenvalue weighted by molar-refractivity contribution is -0.129. The summed E-state index contributed by atoms with van der Waals surface area (Å²) in [5, 5.41) is 2.84. The van der Waals surface area contributed by atoms with Gasteiger partial charge in [-0.25, -0.2) is 4.79 Å². The topological polar surface area (TPSA) is 78.8 Å². The fraction of sp³-hybridized carbons (Fsp3) is 0.529. The molecule has 0 saturated carbocycles. The van der Waals surface area contributed by atoms with Crippen molar-refractivity contribution in [3.8, 4) is 0 Å². The Hall–Kier alpha value is -2.24. The van der Waals surface area contributed by atoms with Gasteiger partial charge in [-0.2, -0.15) is 4.99 Å². The highest BCUT2D eigenvalue weighted by molar-refractivity contribution is 6.21. The number of allylic oxidation sites excluding steroid dienone is 3. The van der Waals surface area contributed by atoms with Crippen molar-refractivity contribution in [3.63, 3.8) is 0 Å². The van der Waals surface area contributed by atoms with Crippen molar-refractivity contribution in [1.82, 2.24) is 10.2 Å². The predicted molar refractivity (Wildman–Crippen MR) is 88.1 cm³/mol. The number of carbonyl (C=O) groups excluding carboxylic acids is 3. The van der Waals surface area contributed by atoms with Gasteiger partial charge in [-0.15, -0.1) is 0 Å². The quantitative estimate of drug-likeness (QED) is 0.731. The van der Waals surface area contributed by atoms with Crippen molar-refractivity contribution in [3.05, 3.63) is 24.3 Å². The maximum Gasteiger partial charge on any atom is 0.350 e. The summed E-state index contributed by atoms with van der Waals surface area (Å²) in [7, 11) is 0. The highest BCUT2D eigenvalue weighted by Gasteiger charge is 2.35. The van der Waals surface area contributed by atoms with E-state index in [1.54, 1.807) is 24.3 Å². The first-order chi connectivity index (χ1) is 11.0. The van der Waals surface area contributed by atoms with Crippen LogP contribution in [0.4, 0.5) is 4.79 Å². The molecule has 0 fully saturated rings. The Labute approximate surface area is 136 Å². The fourth-order valence-electron chi connectivity index (χ4n) is 2.61. The Morgan fingerprint density at radius 1 is 1.26 bits per heavy atom. The molecule has 1 aliphatic heterocycles. The highest BCUT2D eigenvalue weighted by Crippen LogP contribution is 2.20. The first-order valence-electron chi connectivity index (χ1n) is 8.07. The lowest BCUT2D eigenvalue weighted by atomic mass is 9.95. The smallest absolute Gasteiger partial charge is 0.350 e. The summed E-state index contributed by atoms with van der Waals surface area (Å²) in [5.41, 5.74) is 0.518. The van der Waals surface area contributed by atoms with Crippen molar-refractivity contribution >= 4 is 23.6 Å². The number of unbranched alkanes of at least 4 members (excludes halogenated alkanes) is 2. The number of aliphatic imine (C=N–C) groups is 1. The zero-order valence-electron chi connectivity index (χ0n) is 13.6. The molecule has 1 N–H and O–H groups in total. The van der Waals surface area contributed by atoms with Crippen LogP contribution in [0.5, 0.6) is 0 Å². The number of imide groups is 1. The van der Waals surface area contributed by atoms with Gasteiger partial charge >= 0.3 is 6.03 Å². The van der Waals surface area contributed by atoms with Crippen LogP contribution in [0.25, 0.3) is 0 Å². The second-order valence-electron chi connectivity index (χ2n) is 6.06. The minimum absolute atomic E-state index is 0.0403. The summed E-state index contributed by atoms with van der Waals surface area (Å²) in [6, 6.07) is -0.338. The second-order valence-corrected chi connectivity index (χ2v) is 6.06. The van der Waals surface area contributed by atoms with Crippen LogP contribution in [0, 0.1) is 5.92 Å². The summed E-state index contributed by atoms with van der Waals surface area (Å²) >= 11 is 0. The summed E-state index contributed by atoms with van der Waals surface area (Å²) in [4.78, 5) is 41.0. The predicted octanol–water partition coefficient (Wildman–Crippen LogP) is 2.22. The van der Waals surface area contributed by atoms with Gasteiger partial charge in [0.1, 0.15) is 0 Å². The number of hydrogen-bond acceptors (Lipinski definition) is 3.